The summed E-state index contributed by atoms with van der Waals surface area (Å²) in [5.74, 6) is 0.592. The van der Waals surface area contributed by atoms with Crippen LogP contribution in [0.1, 0.15) is 11.3 Å². The molecule has 3 N–H and O–H groups in total. The SMILES string of the molecule is NCc1cc(CO)c(Cl)o1. The van der Waals surface area contributed by atoms with E-state index in [4.69, 9.17) is 26.9 Å². The molecule has 0 aliphatic carbocycles. The summed E-state index contributed by atoms with van der Waals surface area (Å²) in [5, 5.41) is 8.87. The molecule has 0 saturated heterocycles. The first-order chi connectivity index (χ1) is 4.77. The fourth-order valence-electron chi connectivity index (χ4n) is 0.670. The number of halogens is 1. The zero-order valence-electron chi connectivity index (χ0n) is 5.30. The van der Waals surface area contributed by atoms with Gasteiger partial charge in [-0.2, -0.15) is 0 Å². The smallest absolute Gasteiger partial charge is 0.199 e. The van der Waals surface area contributed by atoms with Gasteiger partial charge in [0.05, 0.1) is 13.2 Å². The Morgan fingerprint density at radius 2 is 2.40 bits per heavy atom. The molecule has 4 heteroatoms. The van der Waals surface area contributed by atoms with Crippen LogP contribution in [-0.4, -0.2) is 5.11 Å². The Balaban J connectivity index is 2.92. The van der Waals surface area contributed by atoms with Crippen molar-refractivity contribution in [1.82, 2.24) is 0 Å². The number of hydrogen-bond acceptors (Lipinski definition) is 3. The van der Waals surface area contributed by atoms with Gasteiger partial charge in [-0.05, 0) is 17.7 Å². The van der Waals surface area contributed by atoms with Gasteiger partial charge in [-0.15, -0.1) is 0 Å². The van der Waals surface area contributed by atoms with Crippen molar-refractivity contribution in [2.24, 2.45) is 5.73 Å². The van der Waals surface area contributed by atoms with E-state index < -0.39 is 0 Å². The predicted molar refractivity (Wildman–Crippen MR) is 37.5 cm³/mol. The fourth-order valence-corrected chi connectivity index (χ4v) is 0.883. The molecule has 1 aromatic rings. The maximum Gasteiger partial charge on any atom is 0.199 e. The number of hydrogen-bond donors (Lipinski definition) is 2. The predicted octanol–water partition coefficient (Wildman–Crippen LogP) is 0.884. The lowest BCUT2D eigenvalue weighted by molar-refractivity contribution is 0.280. The lowest BCUT2D eigenvalue weighted by Gasteiger charge is -1.83. The van der Waals surface area contributed by atoms with Crippen LogP contribution in [0.5, 0.6) is 0 Å². The quantitative estimate of drug-likeness (QED) is 0.677. The summed E-state index contributed by atoms with van der Waals surface area (Å²) in [6.07, 6.45) is 0. The zero-order valence-corrected chi connectivity index (χ0v) is 6.06. The molecule has 1 heterocycles. The molecule has 0 bridgehead atoms. The van der Waals surface area contributed by atoms with E-state index in [2.05, 4.69) is 0 Å². The Labute approximate surface area is 63.4 Å². The molecule has 3 nitrogen and oxygen atoms in total. The molecule has 0 saturated carbocycles. The van der Waals surface area contributed by atoms with E-state index in [1.165, 1.54) is 0 Å². The molecule has 0 aromatic carbocycles. The van der Waals surface area contributed by atoms with Crippen molar-refractivity contribution in [3.8, 4) is 0 Å². The van der Waals surface area contributed by atoms with Crippen LogP contribution >= 0.6 is 11.6 Å². The topological polar surface area (TPSA) is 59.4 Å². The minimum atomic E-state index is -0.109. The molecule has 0 amide bonds. The number of nitrogens with two attached hydrogens (primary N) is 1. The van der Waals surface area contributed by atoms with Crippen molar-refractivity contribution in [2.45, 2.75) is 13.2 Å². The molecule has 1 aromatic heterocycles. The molecule has 10 heavy (non-hydrogen) atoms. The molecule has 56 valence electrons. The molecule has 0 atom stereocenters. The summed E-state index contributed by atoms with van der Waals surface area (Å²) >= 11 is 5.54. The summed E-state index contributed by atoms with van der Waals surface area (Å²) in [5.41, 5.74) is 5.84. The third-order valence-electron chi connectivity index (χ3n) is 1.18. The van der Waals surface area contributed by atoms with Crippen LogP contribution in [-0.2, 0) is 13.2 Å². The highest BCUT2D eigenvalue weighted by atomic mass is 35.5. The van der Waals surface area contributed by atoms with Crippen LogP contribution in [0, 0.1) is 0 Å². The van der Waals surface area contributed by atoms with Crippen molar-refractivity contribution in [1.29, 1.82) is 0 Å². The lowest BCUT2D eigenvalue weighted by Crippen LogP contribution is -1.92. The molecular formula is C6H8ClNO2. The fraction of sp³-hybridized carbons (Fsp3) is 0.333. The summed E-state index contributed by atoms with van der Waals surface area (Å²) in [6.45, 7) is 0.196. The van der Waals surface area contributed by atoms with Crippen LogP contribution in [0.2, 0.25) is 5.22 Å². The summed E-state index contributed by atoms with van der Waals surface area (Å²) in [6, 6.07) is 1.64. The number of aliphatic hydroxyl groups is 1. The molecule has 0 aliphatic heterocycles. The first-order valence-corrected chi connectivity index (χ1v) is 3.23. The van der Waals surface area contributed by atoms with Crippen molar-refractivity contribution >= 4 is 11.6 Å². The second-order valence-corrected chi connectivity index (χ2v) is 2.22. The van der Waals surface area contributed by atoms with E-state index in [0.717, 1.165) is 0 Å². The molecular weight excluding hydrogens is 154 g/mol. The Kier molecular flexibility index (Phi) is 2.32. The van der Waals surface area contributed by atoms with E-state index in [1.54, 1.807) is 6.07 Å². The minimum Gasteiger partial charge on any atom is -0.448 e. The Morgan fingerprint density at radius 3 is 2.70 bits per heavy atom. The van der Waals surface area contributed by atoms with Crippen LogP contribution in [0.3, 0.4) is 0 Å². The molecule has 0 spiro atoms. The van der Waals surface area contributed by atoms with Crippen LogP contribution < -0.4 is 5.73 Å². The maximum absolute atomic E-state index is 8.64. The Bertz CT molecular complexity index is 222. The number of aliphatic hydroxyl groups excluding tert-OH is 1. The Hall–Kier alpha value is -0.510. The third-order valence-corrected chi connectivity index (χ3v) is 1.50. The highest BCUT2D eigenvalue weighted by Crippen LogP contribution is 2.20. The monoisotopic (exact) mass is 161 g/mol. The first-order valence-electron chi connectivity index (χ1n) is 2.86. The van der Waals surface area contributed by atoms with E-state index in [1.807, 2.05) is 0 Å². The van der Waals surface area contributed by atoms with E-state index >= 15 is 0 Å². The lowest BCUT2D eigenvalue weighted by atomic mass is 10.3. The van der Waals surface area contributed by atoms with Crippen LogP contribution in [0.25, 0.3) is 0 Å². The standard InChI is InChI=1S/C6H8ClNO2/c7-6-4(3-9)1-5(2-8)10-6/h1,9H,2-3,8H2. The van der Waals surface area contributed by atoms with E-state index in [9.17, 15) is 0 Å². The van der Waals surface area contributed by atoms with Crippen LogP contribution in [0.4, 0.5) is 0 Å². The van der Waals surface area contributed by atoms with Gasteiger partial charge in [-0.3, -0.25) is 0 Å². The number of rotatable bonds is 2. The van der Waals surface area contributed by atoms with E-state index in [-0.39, 0.29) is 11.8 Å². The second-order valence-electron chi connectivity index (χ2n) is 1.87. The molecule has 0 fully saturated rings. The largest absolute Gasteiger partial charge is 0.448 e. The summed E-state index contributed by atoms with van der Waals surface area (Å²) in [4.78, 5) is 0. The molecule has 1 rings (SSSR count). The normalized spacial score (nSPS) is 10.3. The zero-order chi connectivity index (χ0) is 7.56. The maximum atomic E-state index is 8.64. The van der Waals surface area contributed by atoms with Crippen molar-refractivity contribution in [3.63, 3.8) is 0 Å². The summed E-state index contributed by atoms with van der Waals surface area (Å²) in [7, 11) is 0. The Morgan fingerprint density at radius 1 is 1.70 bits per heavy atom. The van der Waals surface area contributed by atoms with Gasteiger partial charge >= 0.3 is 0 Å². The van der Waals surface area contributed by atoms with Gasteiger partial charge in [0.2, 0.25) is 0 Å². The number of furan rings is 1. The average molecular weight is 162 g/mol. The first kappa shape index (κ1) is 7.60. The van der Waals surface area contributed by atoms with Gasteiger partial charge in [0.15, 0.2) is 5.22 Å². The second kappa shape index (κ2) is 3.05. The van der Waals surface area contributed by atoms with E-state index in [0.29, 0.717) is 17.9 Å². The highest BCUT2D eigenvalue weighted by molar-refractivity contribution is 6.29. The van der Waals surface area contributed by atoms with Crippen molar-refractivity contribution in [3.05, 3.63) is 22.6 Å². The minimum absolute atomic E-state index is 0.109. The van der Waals surface area contributed by atoms with Gasteiger partial charge < -0.3 is 15.3 Å². The van der Waals surface area contributed by atoms with Crippen molar-refractivity contribution in [2.75, 3.05) is 0 Å². The molecule has 0 unspecified atom stereocenters. The average Bonchev–Trinajstić information content (AvgIpc) is 2.30. The third kappa shape index (κ3) is 1.31. The highest BCUT2D eigenvalue weighted by Gasteiger charge is 2.05. The molecule has 0 radical (unpaired) electrons. The van der Waals surface area contributed by atoms with Crippen molar-refractivity contribution < 1.29 is 9.52 Å². The van der Waals surface area contributed by atoms with Gasteiger partial charge in [-0.25, -0.2) is 0 Å². The van der Waals surface area contributed by atoms with Gasteiger partial charge in [-0.1, -0.05) is 0 Å². The van der Waals surface area contributed by atoms with Gasteiger partial charge in [0.1, 0.15) is 5.76 Å². The molecule has 0 aliphatic rings. The van der Waals surface area contributed by atoms with Crippen LogP contribution in [0.15, 0.2) is 10.5 Å². The summed E-state index contributed by atoms with van der Waals surface area (Å²) < 4.78 is 4.94. The van der Waals surface area contributed by atoms with Gasteiger partial charge in [0, 0.05) is 5.56 Å². The van der Waals surface area contributed by atoms with Gasteiger partial charge in [0.25, 0.3) is 0 Å².